The summed E-state index contributed by atoms with van der Waals surface area (Å²) in [6.45, 7) is 2.39. The van der Waals surface area contributed by atoms with E-state index in [4.69, 9.17) is 18.3 Å². The second kappa shape index (κ2) is 10.2. The average molecular weight is 499 g/mol. The van der Waals surface area contributed by atoms with Crippen molar-refractivity contribution in [1.29, 1.82) is 0 Å². The Bertz CT molecular complexity index is 1500. The number of hydrogen-bond acceptors (Lipinski definition) is 7. The van der Waals surface area contributed by atoms with E-state index >= 15 is 0 Å². The molecule has 0 aliphatic carbocycles. The minimum absolute atomic E-state index is 0.237. The number of ether oxygens (including phenoxy) is 2. The summed E-state index contributed by atoms with van der Waals surface area (Å²) in [7, 11) is 0. The van der Waals surface area contributed by atoms with Gasteiger partial charge in [-0.2, -0.15) is 0 Å². The molecular formula is C28H26N4O5. The summed E-state index contributed by atoms with van der Waals surface area (Å²) < 4.78 is 22.0. The van der Waals surface area contributed by atoms with Crippen molar-refractivity contribution in [3.63, 3.8) is 0 Å². The molecule has 1 aliphatic rings. The molecule has 0 atom stereocenters. The fraction of sp³-hybridized carbons (Fsp3) is 0.214. The number of H-pyrrole nitrogens is 1. The fourth-order valence-electron chi connectivity index (χ4n) is 4.48. The van der Waals surface area contributed by atoms with Crippen molar-refractivity contribution in [3.05, 3.63) is 102 Å². The molecule has 4 heterocycles. The summed E-state index contributed by atoms with van der Waals surface area (Å²) in [5, 5.41) is 4.01. The average Bonchev–Trinajstić information content (AvgIpc) is 3.73. The number of nitrogens with one attached hydrogen (secondary N) is 2. The number of rotatable bonds is 10. The molecule has 0 unspecified atom stereocenters. The molecule has 1 amide bonds. The van der Waals surface area contributed by atoms with Gasteiger partial charge in [-0.05, 0) is 47.9 Å². The predicted molar refractivity (Wildman–Crippen MR) is 135 cm³/mol. The highest BCUT2D eigenvalue weighted by molar-refractivity contribution is 5.91. The molecule has 6 rings (SSSR count). The number of aromatic amines is 1. The third kappa shape index (κ3) is 5.22. The van der Waals surface area contributed by atoms with E-state index in [1.165, 1.54) is 17.2 Å². The molecule has 9 heteroatoms. The quantitative estimate of drug-likeness (QED) is 0.289. The van der Waals surface area contributed by atoms with E-state index in [0.29, 0.717) is 24.7 Å². The second-order valence-corrected chi connectivity index (χ2v) is 8.90. The lowest BCUT2D eigenvalue weighted by Crippen LogP contribution is -2.26. The van der Waals surface area contributed by atoms with Crippen LogP contribution in [0.2, 0.25) is 0 Å². The van der Waals surface area contributed by atoms with Crippen LogP contribution in [0.15, 0.2) is 82.2 Å². The summed E-state index contributed by atoms with van der Waals surface area (Å²) in [6.07, 6.45) is 5.87. The number of hydrogen-bond donors (Lipinski definition) is 2. The molecule has 9 nitrogen and oxygen atoms in total. The van der Waals surface area contributed by atoms with E-state index in [9.17, 15) is 4.79 Å². The molecule has 188 valence electrons. The summed E-state index contributed by atoms with van der Waals surface area (Å²) >= 11 is 0. The minimum Gasteiger partial charge on any atom is -0.467 e. The van der Waals surface area contributed by atoms with E-state index in [0.717, 1.165) is 35.5 Å². The van der Waals surface area contributed by atoms with E-state index < -0.39 is 0 Å². The molecule has 0 saturated heterocycles. The number of nitrogens with zero attached hydrogens (tertiary/aromatic N) is 2. The van der Waals surface area contributed by atoms with Gasteiger partial charge in [0.2, 0.25) is 12.7 Å². The largest absolute Gasteiger partial charge is 0.467 e. The number of carbonyl (C=O) groups is 1. The lowest BCUT2D eigenvalue weighted by atomic mass is 10.1. The highest BCUT2D eigenvalue weighted by Gasteiger charge is 2.18. The van der Waals surface area contributed by atoms with Gasteiger partial charge in [0.15, 0.2) is 17.2 Å². The Balaban J connectivity index is 1.16. The lowest BCUT2D eigenvalue weighted by Gasteiger charge is -2.21. The molecule has 0 saturated carbocycles. The summed E-state index contributed by atoms with van der Waals surface area (Å²) in [6, 6.07) is 17.8. The predicted octanol–water partition coefficient (Wildman–Crippen LogP) is 4.65. The third-order valence-corrected chi connectivity index (χ3v) is 6.36. The van der Waals surface area contributed by atoms with Crippen molar-refractivity contribution in [2.24, 2.45) is 0 Å². The Morgan fingerprint density at radius 2 is 1.95 bits per heavy atom. The lowest BCUT2D eigenvalue weighted by molar-refractivity contribution is 0.0943. The van der Waals surface area contributed by atoms with E-state index in [1.807, 2.05) is 24.3 Å². The van der Waals surface area contributed by atoms with Crippen molar-refractivity contribution >= 4 is 16.8 Å². The molecule has 0 spiro atoms. The van der Waals surface area contributed by atoms with Gasteiger partial charge < -0.3 is 28.6 Å². The normalized spacial score (nSPS) is 12.5. The molecule has 5 aromatic rings. The molecule has 0 radical (unpaired) electrons. The van der Waals surface area contributed by atoms with Crippen LogP contribution in [0.4, 0.5) is 0 Å². The number of fused-ring (bicyclic) bond motifs is 2. The van der Waals surface area contributed by atoms with Crippen LogP contribution < -0.4 is 14.8 Å². The minimum atomic E-state index is -0.312. The maximum Gasteiger partial charge on any atom is 0.273 e. The molecule has 0 bridgehead atoms. The molecule has 0 fully saturated rings. The number of carbonyl (C=O) groups excluding carboxylic acids is 1. The number of benzene rings is 2. The van der Waals surface area contributed by atoms with Gasteiger partial charge in [0.1, 0.15) is 12.0 Å². The Morgan fingerprint density at radius 1 is 1.03 bits per heavy atom. The van der Waals surface area contributed by atoms with Crippen molar-refractivity contribution in [2.75, 3.05) is 13.3 Å². The van der Waals surface area contributed by atoms with Crippen LogP contribution >= 0.6 is 0 Å². The van der Waals surface area contributed by atoms with Crippen LogP contribution in [0.1, 0.15) is 33.3 Å². The van der Waals surface area contributed by atoms with Gasteiger partial charge in [-0.3, -0.25) is 9.69 Å². The van der Waals surface area contributed by atoms with Crippen LogP contribution in [-0.2, 0) is 26.1 Å². The molecule has 37 heavy (non-hydrogen) atoms. The monoisotopic (exact) mass is 498 g/mol. The van der Waals surface area contributed by atoms with Crippen LogP contribution in [-0.4, -0.2) is 34.1 Å². The van der Waals surface area contributed by atoms with Crippen LogP contribution in [0.25, 0.3) is 10.9 Å². The number of aromatic nitrogens is 2. The van der Waals surface area contributed by atoms with Gasteiger partial charge >= 0.3 is 0 Å². The first-order valence-corrected chi connectivity index (χ1v) is 12.1. The maximum absolute atomic E-state index is 12.5. The van der Waals surface area contributed by atoms with Crippen LogP contribution in [0, 0.1) is 0 Å². The Morgan fingerprint density at radius 3 is 2.86 bits per heavy atom. The SMILES string of the molecule is O=C(NCc1ccco1)c1coc(CN(CCc2c[nH]c3ccccc23)Cc2ccc3c(c2)OCO3)n1. The third-order valence-electron chi connectivity index (χ3n) is 6.36. The second-order valence-electron chi connectivity index (χ2n) is 8.90. The first-order chi connectivity index (χ1) is 18.2. The van der Waals surface area contributed by atoms with Gasteiger partial charge in [-0.1, -0.05) is 24.3 Å². The zero-order valence-electron chi connectivity index (χ0n) is 20.1. The first kappa shape index (κ1) is 22.9. The number of amides is 1. The zero-order chi connectivity index (χ0) is 25.0. The van der Waals surface area contributed by atoms with Crippen molar-refractivity contribution in [3.8, 4) is 11.5 Å². The number of para-hydroxylation sites is 1. The molecule has 2 aromatic carbocycles. The molecule has 1 aliphatic heterocycles. The highest BCUT2D eigenvalue weighted by atomic mass is 16.7. The molecule has 2 N–H and O–H groups in total. The molecule has 3 aromatic heterocycles. The summed E-state index contributed by atoms with van der Waals surface area (Å²) in [4.78, 5) is 22.6. The Kier molecular flexibility index (Phi) is 6.35. The maximum atomic E-state index is 12.5. The topological polar surface area (TPSA) is 106 Å². The van der Waals surface area contributed by atoms with Crippen molar-refractivity contribution in [2.45, 2.75) is 26.1 Å². The fourth-order valence-corrected chi connectivity index (χ4v) is 4.48. The number of oxazole rings is 1. The standard InChI is InChI=1S/C28H26N4O5/c33-28(30-14-21-4-3-11-34-21)24-17-35-27(31-24)16-32(15-19-7-8-25-26(12-19)37-18-36-25)10-9-20-13-29-23-6-2-1-5-22(20)23/h1-8,11-13,17,29H,9-10,14-16,18H2,(H,30,33). The van der Waals surface area contributed by atoms with Gasteiger partial charge in [0, 0.05) is 30.2 Å². The number of furan rings is 1. The van der Waals surface area contributed by atoms with Crippen molar-refractivity contribution in [1.82, 2.24) is 20.2 Å². The Labute approximate surface area is 213 Å². The van der Waals surface area contributed by atoms with Crippen molar-refractivity contribution < 1.29 is 23.1 Å². The molecular weight excluding hydrogens is 472 g/mol. The van der Waals surface area contributed by atoms with Gasteiger partial charge in [0.25, 0.3) is 5.91 Å². The van der Waals surface area contributed by atoms with E-state index in [1.54, 1.807) is 18.4 Å². The van der Waals surface area contributed by atoms with Crippen LogP contribution in [0.3, 0.4) is 0 Å². The Hall–Kier alpha value is -4.50. The smallest absolute Gasteiger partial charge is 0.273 e. The highest BCUT2D eigenvalue weighted by Crippen LogP contribution is 2.33. The van der Waals surface area contributed by atoms with Crippen LogP contribution in [0.5, 0.6) is 11.5 Å². The van der Waals surface area contributed by atoms with Gasteiger partial charge in [0.05, 0.1) is 19.4 Å². The van der Waals surface area contributed by atoms with E-state index in [2.05, 4.69) is 44.6 Å². The van der Waals surface area contributed by atoms with E-state index in [-0.39, 0.29) is 24.9 Å². The van der Waals surface area contributed by atoms with Gasteiger partial charge in [-0.15, -0.1) is 0 Å². The summed E-state index contributed by atoms with van der Waals surface area (Å²) in [5.41, 5.74) is 3.70. The zero-order valence-corrected chi connectivity index (χ0v) is 20.1. The van der Waals surface area contributed by atoms with Gasteiger partial charge in [-0.25, -0.2) is 4.98 Å². The first-order valence-electron chi connectivity index (χ1n) is 12.1. The summed E-state index contributed by atoms with van der Waals surface area (Å²) in [5.74, 6) is 2.34.